The molecule has 1 saturated heterocycles. The van der Waals surface area contributed by atoms with Crippen molar-refractivity contribution >= 4 is 52.2 Å². The van der Waals surface area contributed by atoms with Crippen LogP contribution in [0.1, 0.15) is 29.1 Å². The maximum atomic E-state index is 5.73. The number of hydrogen-bond acceptors (Lipinski definition) is 7. The Labute approximate surface area is 184 Å². The lowest BCUT2D eigenvalue weighted by atomic mass is 10.2. The molecule has 3 rings (SSSR count). The zero-order chi connectivity index (χ0) is 18.5. The monoisotopic (exact) mass is 449 g/mol. The Morgan fingerprint density at radius 3 is 2.54 bits per heavy atom. The summed E-state index contributed by atoms with van der Waals surface area (Å²) in [4.78, 5) is 16.8. The predicted molar refractivity (Wildman–Crippen MR) is 124 cm³/mol. The van der Waals surface area contributed by atoms with Gasteiger partial charge in [0.05, 0.1) is 18.6 Å². The Morgan fingerprint density at radius 1 is 1.14 bits per heavy atom. The van der Waals surface area contributed by atoms with Gasteiger partial charge in [-0.05, 0) is 45.3 Å². The molecule has 2 N–H and O–H groups in total. The molecule has 0 spiro atoms. The maximum Gasteiger partial charge on any atom is 0.141 e. The lowest BCUT2D eigenvalue weighted by Crippen LogP contribution is -2.37. The summed E-state index contributed by atoms with van der Waals surface area (Å²) in [6.07, 6.45) is 3.09. The van der Waals surface area contributed by atoms with E-state index in [4.69, 9.17) is 20.4 Å². The molecule has 0 radical (unpaired) electrons. The van der Waals surface area contributed by atoms with E-state index in [9.17, 15) is 0 Å². The SMILES string of the molecule is Cc1sc2nc(CCN)nc(N(C)CCCCN3CCOCC3)c2c1C.Cl.Cl. The number of nitrogens with zero attached hydrogens (tertiary/aromatic N) is 4. The molecule has 0 aliphatic carbocycles. The first-order valence-electron chi connectivity index (χ1n) is 9.58. The van der Waals surface area contributed by atoms with Crippen LogP contribution in [0.3, 0.4) is 0 Å². The van der Waals surface area contributed by atoms with Crippen LogP contribution in [0.25, 0.3) is 10.2 Å². The zero-order valence-corrected chi connectivity index (χ0v) is 19.5. The molecule has 9 heteroatoms. The van der Waals surface area contributed by atoms with Crippen molar-refractivity contribution in [2.75, 3.05) is 57.9 Å². The lowest BCUT2D eigenvalue weighted by Gasteiger charge is -2.27. The van der Waals surface area contributed by atoms with Crippen LogP contribution in [-0.2, 0) is 11.2 Å². The van der Waals surface area contributed by atoms with Crippen LogP contribution >= 0.6 is 36.2 Å². The van der Waals surface area contributed by atoms with Crippen LogP contribution in [0.2, 0.25) is 0 Å². The molecule has 28 heavy (non-hydrogen) atoms. The summed E-state index contributed by atoms with van der Waals surface area (Å²) in [7, 11) is 2.15. The molecule has 0 aromatic carbocycles. The number of fused-ring (bicyclic) bond motifs is 1. The number of anilines is 1. The van der Waals surface area contributed by atoms with Crippen LogP contribution in [-0.4, -0.2) is 67.9 Å². The number of hydrogen-bond donors (Lipinski definition) is 1. The maximum absolute atomic E-state index is 5.73. The van der Waals surface area contributed by atoms with Gasteiger partial charge in [0.15, 0.2) is 0 Å². The van der Waals surface area contributed by atoms with Gasteiger partial charge in [-0.15, -0.1) is 36.2 Å². The van der Waals surface area contributed by atoms with Crippen LogP contribution in [0.15, 0.2) is 0 Å². The lowest BCUT2D eigenvalue weighted by molar-refractivity contribution is 0.0372. The summed E-state index contributed by atoms with van der Waals surface area (Å²) in [6.45, 7) is 11.0. The minimum Gasteiger partial charge on any atom is -0.379 e. The molecule has 1 fully saturated rings. The van der Waals surface area contributed by atoms with Crippen LogP contribution in [0.5, 0.6) is 0 Å². The van der Waals surface area contributed by atoms with E-state index in [-0.39, 0.29) is 24.8 Å². The van der Waals surface area contributed by atoms with Gasteiger partial charge in [-0.3, -0.25) is 4.90 Å². The number of halogens is 2. The molecule has 1 aliphatic heterocycles. The van der Waals surface area contributed by atoms with Crippen molar-refractivity contribution in [3.63, 3.8) is 0 Å². The van der Waals surface area contributed by atoms with Gasteiger partial charge >= 0.3 is 0 Å². The third kappa shape index (κ3) is 6.15. The van der Waals surface area contributed by atoms with Gasteiger partial charge in [0, 0.05) is 38.0 Å². The fraction of sp³-hybridized carbons (Fsp3) is 0.684. The van der Waals surface area contributed by atoms with Crippen LogP contribution < -0.4 is 10.6 Å². The highest BCUT2D eigenvalue weighted by atomic mass is 35.5. The Morgan fingerprint density at radius 2 is 1.86 bits per heavy atom. The third-order valence-electron chi connectivity index (χ3n) is 5.11. The van der Waals surface area contributed by atoms with E-state index in [0.29, 0.717) is 6.54 Å². The van der Waals surface area contributed by atoms with Crippen molar-refractivity contribution in [3.05, 3.63) is 16.3 Å². The van der Waals surface area contributed by atoms with E-state index in [1.165, 1.54) is 22.2 Å². The quantitative estimate of drug-likeness (QED) is 0.623. The molecule has 0 unspecified atom stereocenters. The summed E-state index contributed by atoms with van der Waals surface area (Å²) in [6, 6.07) is 0. The highest BCUT2D eigenvalue weighted by Crippen LogP contribution is 2.34. The summed E-state index contributed by atoms with van der Waals surface area (Å²) in [5.74, 6) is 1.92. The van der Waals surface area contributed by atoms with E-state index >= 15 is 0 Å². The van der Waals surface area contributed by atoms with Crippen LogP contribution in [0.4, 0.5) is 5.82 Å². The van der Waals surface area contributed by atoms with Crippen molar-refractivity contribution < 1.29 is 4.74 Å². The smallest absolute Gasteiger partial charge is 0.141 e. The summed E-state index contributed by atoms with van der Waals surface area (Å²) in [5.41, 5.74) is 7.04. The fourth-order valence-electron chi connectivity index (χ4n) is 3.40. The van der Waals surface area contributed by atoms with E-state index in [1.54, 1.807) is 11.3 Å². The van der Waals surface area contributed by atoms with Gasteiger partial charge in [-0.25, -0.2) is 9.97 Å². The van der Waals surface area contributed by atoms with Crippen molar-refractivity contribution in [2.24, 2.45) is 5.73 Å². The Hall–Kier alpha value is -0.700. The molecule has 0 atom stereocenters. The molecule has 160 valence electrons. The van der Waals surface area contributed by atoms with Crippen LogP contribution in [0, 0.1) is 13.8 Å². The molecular weight excluding hydrogens is 417 g/mol. The number of ether oxygens (including phenoxy) is 1. The van der Waals surface area contributed by atoms with Gasteiger partial charge in [0.2, 0.25) is 0 Å². The Bertz CT molecular complexity index is 737. The second-order valence-electron chi connectivity index (χ2n) is 7.05. The van der Waals surface area contributed by atoms with E-state index in [2.05, 4.69) is 30.7 Å². The standard InChI is InChI=1S/C19H31N5OS.2ClH/c1-14-15(2)26-19-17(14)18(21-16(22-19)6-7-20)23(3)8-4-5-9-24-10-12-25-13-11-24;;/h4-13,20H2,1-3H3;2*1H. The van der Waals surface area contributed by atoms with Crippen molar-refractivity contribution in [2.45, 2.75) is 33.1 Å². The van der Waals surface area contributed by atoms with Gasteiger partial charge in [0.1, 0.15) is 16.5 Å². The molecule has 2 aromatic heterocycles. The average Bonchev–Trinajstić information content (AvgIpc) is 2.93. The first-order chi connectivity index (χ1) is 12.6. The summed E-state index contributed by atoms with van der Waals surface area (Å²) >= 11 is 1.76. The molecule has 6 nitrogen and oxygen atoms in total. The minimum atomic E-state index is 0. The summed E-state index contributed by atoms with van der Waals surface area (Å²) in [5, 5.41) is 1.21. The number of thiophene rings is 1. The van der Waals surface area contributed by atoms with Gasteiger partial charge in [-0.1, -0.05) is 0 Å². The second-order valence-corrected chi connectivity index (χ2v) is 8.25. The first-order valence-corrected chi connectivity index (χ1v) is 10.4. The molecular formula is C19H33Cl2N5OS. The average molecular weight is 450 g/mol. The topological polar surface area (TPSA) is 67.5 Å². The van der Waals surface area contributed by atoms with E-state index in [1.807, 2.05) is 0 Å². The molecule has 0 bridgehead atoms. The fourth-order valence-corrected chi connectivity index (χ4v) is 4.45. The molecule has 0 saturated carbocycles. The van der Waals surface area contributed by atoms with Crippen molar-refractivity contribution in [1.82, 2.24) is 14.9 Å². The van der Waals surface area contributed by atoms with Crippen molar-refractivity contribution in [1.29, 1.82) is 0 Å². The van der Waals surface area contributed by atoms with Gasteiger partial charge in [0.25, 0.3) is 0 Å². The second kappa shape index (κ2) is 12.1. The minimum absolute atomic E-state index is 0. The highest BCUT2D eigenvalue weighted by Gasteiger charge is 2.17. The molecule has 0 amide bonds. The summed E-state index contributed by atoms with van der Waals surface area (Å²) < 4.78 is 5.42. The number of aromatic nitrogens is 2. The van der Waals surface area contributed by atoms with Crippen molar-refractivity contribution in [3.8, 4) is 0 Å². The van der Waals surface area contributed by atoms with E-state index < -0.39 is 0 Å². The Balaban J connectivity index is 0.00000196. The third-order valence-corrected chi connectivity index (χ3v) is 6.21. The number of nitrogens with two attached hydrogens (primary N) is 1. The van der Waals surface area contributed by atoms with E-state index in [0.717, 1.165) is 68.7 Å². The molecule has 3 heterocycles. The Kier molecular flexibility index (Phi) is 10.9. The normalized spacial score (nSPS) is 14.6. The first kappa shape index (κ1) is 25.3. The predicted octanol–water partition coefficient (Wildman–Crippen LogP) is 3.20. The highest BCUT2D eigenvalue weighted by molar-refractivity contribution is 7.18. The number of aryl methyl sites for hydroxylation is 2. The zero-order valence-electron chi connectivity index (χ0n) is 17.1. The van der Waals surface area contributed by atoms with Gasteiger partial charge in [-0.2, -0.15) is 0 Å². The number of unbranched alkanes of at least 4 members (excludes halogenated alkanes) is 1. The molecule has 2 aromatic rings. The number of morpholine rings is 1. The molecule has 1 aliphatic rings. The largest absolute Gasteiger partial charge is 0.379 e. The van der Waals surface area contributed by atoms with Gasteiger partial charge < -0.3 is 15.4 Å². The number of rotatable bonds is 8.